The second kappa shape index (κ2) is 5.30. The molecule has 1 rings (SSSR count). The summed E-state index contributed by atoms with van der Waals surface area (Å²) < 4.78 is 12.1. The van der Waals surface area contributed by atoms with Gasteiger partial charge < -0.3 is 0 Å². The van der Waals surface area contributed by atoms with Crippen LogP contribution >= 0.6 is 22.6 Å². The van der Waals surface area contributed by atoms with E-state index in [0.29, 0.717) is 0 Å². The number of hydrogen-bond donors (Lipinski definition) is 0. The maximum Gasteiger partial charge on any atom is 0.156 e. The van der Waals surface area contributed by atoms with Gasteiger partial charge in [0.2, 0.25) is 0 Å². The second-order valence-corrected chi connectivity index (χ2v) is 3.55. The summed E-state index contributed by atoms with van der Waals surface area (Å²) in [5, 5.41) is 0. The maximum atomic E-state index is 12.3. The molecule has 64 valence electrons. The fourth-order valence-corrected chi connectivity index (χ4v) is 1.30. The summed E-state index contributed by atoms with van der Waals surface area (Å²) in [6, 6.07) is 10.1. The lowest BCUT2D eigenvalue weighted by atomic mass is 10.1. The van der Waals surface area contributed by atoms with Crippen LogP contribution in [0.4, 0.5) is 4.39 Å². The molecular weight excluding hydrogens is 266 g/mol. The standard InChI is InChI=1S/C10H10FI/c11-10(12)8-4-7-9-5-2-1-3-6-9/h1-3,5-6,8H,4,7H2. The first-order valence-corrected chi connectivity index (χ1v) is 4.92. The fourth-order valence-electron chi connectivity index (χ4n) is 0.993. The monoisotopic (exact) mass is 276 g/mol. The highest BCUT2D eigenvalue weighted by atomic mass is 127. The molecule has 0 spiro atoms. The van der Waals surface area contributed by atoms with Gasteiger partial charge in [-0.05, 0) is 47.1 Å². The van der Waals surface area contributed by atoms with Crippen LogP contribution in [0.25, 0.3) is 0 Å². The van der Waals surface area contributed by atoms with Crippen LogP contribution in [0.15, 0.2) is 40.2 Å². The van der Waals surface area contributed by atoms with Crippen LogP contribution in [0.3, 0.4) is 0 Å². The summed E-state index contributed by atoms with van der Waals surface area (Å²) >= 11 is 1.68. The summed E-state index contributed by atoms with van der Waals surface area (Å²) in [5.74, 6) is 0. The van der Waals surface area contributed by atoms with Gasteiger partial charge in [0.05, 0.1) is 0 Å². The smallest absolute Gasteiger partial charge is 0.156 e. The van der Waals surface area contributed by atoms with E-state index in [0.717, 1.165) is 12.8 Å². The molecule has 0 aliphatic carbocycles. The summed E-state index contributed by atoms with van der Waals surface area (Å²) in [5.41, 5.74) is 1.26. The molecule has 0 nitrogen and oxygen atoms in total. The van der Waals surface area contributed by atoms with Gasteiger partial charge in [0, 0.05) is 0 Å². The van der Waals surface area contributed by atoms with Gasteiger partial charge in [0.15, 0.2) is 3.83 Å². The van der Waals surface area contributed by atoms with Crippen molar-refractivity contribution in [1.82, 2.24) is 0 Å². The van der Waals surface area contributed by atoms with E-state index in [2.05, 4.69) is 12.1 Å². The third kappa shape index (κ3) is 3.85. The molecule has 0 bridgehead atoms. The maximum absolute atomic E-state index is 12.3. The van der Waals surface area contributed by atoms with Gasteiger partial charge in [-0.25, -0.2) is 4.39 Å². The molecule has 1 aromatic carbocycles. The second-order valence-electron chi connectivity index (χ2n) is 2.52. The topological polar surface area (TPSA) is 0 Å². The van der Waals surface area contributed by atoms with E-state index >= 15 is 0 Å². The predicted octanol–water partition coefficient (Wildman–Crippen LogP) is 3.87. The van der Waals surface area contributed by atoms with Crippen molar-refractivity contribution in [2.75, 3.05) is 0 Å². The van der Waals surface area contributed by atoms with Crippen LogP contribution in [0.1, 0.15) is 12.0 Å². The molecule has 0 aliphatic rings. The van der Waals surface area contributed by atoms with Gasteiger partial charge >= 0.3 is 0 Å². The number of halogens is 2. The Kier molecular flexibility index (Phi) is 4.29. The van der Waals surface area contributed by atoms with Gasteiger partial charge in [0.1, 0.15) is 0 Å². The Balaban J connectivity index is 2.39. The lowest BCUT2D eigenvalue weighted by Gasteiger charge is -1.95. The largest absolute Gasteiger partial charge is 0.200 e. The average Bonchev–Trinajstić information content (AvgIpc) is 2.05. The van der Waals surface area contributed by atoms with Gasteiger partial charge in [-0.15, -0.1) is 0 Å². The van der Waals surface area contributed by atoms with Gasteiger partial charge in [-0.3, -0.25) is 0 Å². The van der Waals surface area contributed by atoms with E-state index in [9.17, 15) is 4.39 Å². The van der Waals surface area contributed by atoms with Crippen LogP contribution in [0, 0.1) is 0 Å². The Morgan fingerprint density at radius 2 is 2.00 bits per heavy atom. The molecule has 0 atom stereocenters. The van der Waals surface area contributed by atoms with Crippen LogP contribution in [-0.2, 0) is 6.42 Å². The number of aryl methyl sites for hydroxylation is 1. The van der Waals surface area contributed by atoms with Crippen LogP contribution < -0.4 is 0 Å². The number of hydrogen-bond acceptors (Lipinski definition) is 0. The van der Waals surface area contributed by atoms with E-state index in [1.807, 2.05) is 18.2 Å². The minimum atomic E-state index is -0.122. The first-order valence-electron chi connectivity index (χ1n) is 3.84. The molecule has 12 heavy (non-hydrogen) atoms. The van der Waals surface area contributed by atoms with Crippen LogP contribution in [0.5, 0.6) is 0 Å². The molecule has 0 fully saturated rings. The summed E-state index contributed by atoms with van der Waals surface area (Å²) in [6.45, 7) is 0. The number of allylic oxidation sites excluding steroid dienone is 1. The van der Waals surface area contributed by atoms with Crippen molar-refractivity contribution in [3.8, 4) is 0 Å². The molecule has 0 heterocycles. The average molecular weight is 276 g/mol. The first-order chi connectivity index (χ1) is 5.79. The molecule has 0 saturated carbocycles. The van der Waals surface area contributed by atoms with Crippen molar-refractivity contribution in [1.29, 1.82) is 0 Å². The van der Waals surface area contributed by atoms with Crippen LogP contribution in [0.2, 0.25) is 0 Å². The van der Waals surface area contributed by atoms with E-state index in [-0.39, 0.29) is 3.83 Å². The quantitative estimate of drug-likeness (QED) is 0.735. The van der Waals surface area contributed by atoms with E-state index in [4.69, 9.17) is 0 Å². The highest BCUT2D eigenvalue weighted by molar-refractivity contribution is 14.1. The summed E-state index contributed by atoms with van der Waals surface area (Å²) in [7, 11) is 0. The molecule has 0 saturated heterocycles. The highest BCUT2D eigenvalue weighted by Crippen LogP contribution is 2.10. The summed E-state index contributed by atoms with van der Waals surface area (Å²) in [6.07, 6.45) is 3.30. The normalized spacial score (nSPS) is 11.7. The highest BCUT2D eigenvalue weighted by Gasteiger charge is 1.89. The van der Waals surface area contributed by atoms with Gasteiger partial charge in [-0.2, -0.15) is 0 Å². The van der Waals surface area contributed by atoms with Gasteiger partial charge in [-0.1, -0.05) is 30.3 Å². The van der Waals surface area contributed by atoms with Gasteiger partial charge in [0.25, 0.3) is 0 Å². The third-order valence-corrected chi connectivity index (χ3v) is 2.01. The lowest BCUT2D eigenvalue weighted by molar-refractivity contribution is 0.703. The SMILES string of the molecule is FC(I)=CCCc1ccccc1. The minimum absolute atomic E-state index is 0.122. The van der Waals surface area contributed by atoms with E-state index < -0.39 is 0 Å². The molecule has 0 unspecified atom stereocenters. The zero-order valence-corrected chi connectivity index (χ0v) is 8.79. The molecule has 1 aromatic rings. The van der Waals surface area contributed by atoms with Crippen molar-refractivity contribution in [3.63, 3.8) is 0 Å². The van der Waals surface area contributed by atoms with E-state index in [1.54, 1.807) is 28.7 Å². The molecule has 0 radical (unpaired) electrons. The summed E-state index contributed by atoms with van der Waals surface area (Å²) in [4.78, 5) is 0. The molecule has 0 amide bonds. The Labute approximate surface area is 85.6 Å². The zero-order chi connectivity index (χ0) is 8.81. The van der Waals surface area contributed by atoms with Crippen LogP contribution in [-0.4, -0.2) is 0 Å². The van der Waals surface area contributed by atoms with Crippen molar-refractivity contribution >= 4 is 22.6 Å². The molecule has 0 N–H and O–H groups in total. The molecular formula is C10H10FI. The Hall–Kier alpha value is -0.380. The van der Waals surface area contributed by atoms with E-state index in [1.165, 1.54) is 5.56 Å². The number of rotatable bonds is 3. The Bertz CT molecular complexity index is 250. The molecule has 0 aromatic heterocycles. The van der Waals surface area contributed by atoms with Crippen molar-refractivity contribution in [2.24, 2.45) is 0 Å². The molecule has 0 aliphatic heterocycles. The van der Waals surface area contributed by atoms with Crippen molar-refractivity contribution in [2.45, 2.75) is 12.8 Å². The number of benzene rings is 1. The third-order valence-electron chi connectivity index (χ3n) is 1.57. The molecule has 2 heteroatoms. The minimum Gasteiger partial charge on any atom is -0.200 e. The zero-order valence-electron chi connectivity index (χ0n) is 6.63. The first kappa shape index (κ1) is 9.71. The van der Waals surface area contributed by atoms with Crippen molar-refractivity contribution < 1.29 is 4.39 Å². The Morgan fingerprint density at radius 1 is 1.33 bits per heavy atom. The van der Waals surface area contributed by atoms with Crippen molar-refractivity contribution in [3.05, 3.63) is 45.8 Å². The fraction of sp³-hybridized carbons (Fsp3) is 0.200. The lowest BCUT2D eigenvalue weighted by Crippen LogP contribution is -1.80. The predicted molar refractivity (Wildman–Crippen MR) is 58.0 cm³/mol. The Morgan fingerprint density at radius 3 is 2.58 bits per heavy atom.